The van der Waals surface area contributed by atoms with Gasteiger partial charge in [-0.2, -0.15) is 0 Å². The van der Waals surface area contributed by atoms with Crippen LogP contribution in [0.2, 0.25) is 10.0 Å². The number of hydrogen-bond donors (Lipinski definition) is 3. The van der Waals surface area contributed by atoms with E-state index in [1.54, 1.807) is 11.4 Å². The zero-order chi connectivity index (χ0) is 20.3. The summed E-state index contributed by atoms with van der Waals surface area (Å²) < 4.78 is 13.7. The third-order valence-electron chi connectivity index (χ3n) is 3.60. The third-order valence-corrected chi connectivity index (χ3v) is 5.03. The number of nitrogen functional groups attached to an aromatic ring is 1. The molecule has 1 heterocycles. The lowest BCUT2D eigenvalue weighted by Crippen LogP contribution is -2.15. The molecule has 28 heavy (non-hydrogen) atoms. The van der Waals surface area contributed by atoms with Crippen LogP contribution in [0.15, 0.2) is 41.8 Å². The Kier molecular flexibility index (Phi) is 6.13. The van der Waals surface area contributed by atoms with E-state index in [9.17, 15) is 14.0 Å². The van der Waals surface area contributed by atoms with Gasteiger partial charge in [-0.3, -0.25) is 14.9 Å². The summed E-state index contributed by atoms with van der Waals surface area (Å²) in [6, 6.07) is 8.60. The molecule has 0 radical (unpaired) electrons. The number of benzene rings is 2. The first kappa shape index (κ1) is 20.1. The van der Waals surface area contributed by atoms with Crippen molar-refractivity contribution in [2.75, 3.05) is 16.4 Å². The summed E-state index contributed by atoms with van der Waals surface area (Å²) in [5.74, 6) is -1.60. The van der Waals surface area contributed by atoms with Crippen molar-refractivity contribution in [2.45, 2.75) is 6.42 Å². The molecule has 2 aromatic carbocycles. The Morgan fingerprint density at radius 1 is 1.14 bits per heavy atom. The smallest absolute Gasteiger partial charge is 0.260 e. The van der Waals surface area contributed by atoms with Gasteiger partial charge >= 0.3 is 0 Å². The maximum absolute atomic E-state index is 13.7. The second-order valence-electron chi connectivity index (χ2n) is 5.66. The van der Waals surface area contributed by atoms with Crippen molar-refractivity contribution in [2.24, 2.45) is 0 Å². The van der Waals surface area contributed by atoms with Crippen molar-refractivity contribution in [3.63, 3.8) is 0 Å². The fourth-order valence-electron chi connectivity index (χ4n) is 2.28. The van der Waals surface area contributed by atoms with Crippen molar-refractivity contribution in [1.29, 1.82) is 0 Å². The van der Waals surface area contributed by atoms with Crippen molar-refractivity contribution < 1.29 is 14.0 Å². The molecule has 0 unspecified atom stereocenters. The van der Waals surface area contributed by atoms with E-state index in [0.717, 1.165) is 11.3 Å². The molecule has 0 aliphatic heterocycles. The number of carbonyl (C=O) groups is 2. The molecule has 0 saturated carbocycles. The predicted molar refractivity (Wildman–Crippen MR) is 110 cm³/mol. The lowest BCUT2D eigenvalue weighted by Gasteiger charge is -2.08. The fraction of sp³-hybridized carbons (Fsp3) is 0.0556. The largest absolute Gasteiger partial charge is 0.396 e. The molecule has 0 fully saturated rings. The van der Waals surface area contributed by atoms with Gasteiger partial charge in [0.1, 0.15) is 5.82 Å². The highest BCUT2D eigenvalue weighted by atomic mass is 35.5. The zero-order valence-electron chi connectivity index (χ0n) is 14.1. The molecular weight excluding hydrogens is 426 g/mol. The molecule has 0 bridgehead atoms. The first-order valence-electron chi connectivity index (χ1n) is 7.88. The van der Waals surface area contributed by atoms with E-state index in [-0.39, 0.29) is 38.8 Å². The summed E-state index contributed by atoms with van der Waals surface area (Å²) in [5.41, 5.74) is 6.64. The Labute approximate surface area is 173 Å². The lowest BCUT2D eigenvalue weighted by molar-refractivity contribution is -0.115. The average Bonchev–Trinajstić information content (AvgIpc) is 3.06. The maximum atomic E-state index is 13.7. The lowest BCUT2D eigenvalue weighted by atomic mass is 10.2. The van der Waals surface area contributed by atoms with E-state index in [4.69, 9.17) is 28.9 Å². The number of halogens is 3. The van der Waals surface area contributed by atoms with Crippen LogP contribution in [0.4, 0.5) is 20.9 Å². The maximum Gasteiger partial charge on any atom is 0.260 e. The molecule has 3 rings (SSSR count). The van der Waals surface area contributed by atoms with Gasteiger partial charge in [0.15, 0.2) is 5.13 Å². The molecule has 0 atom stereocenters. The highest BCUT2D eigenvalue weighted by molar-refractivity contribution is 7.14. The number of amides is 2. The van der Waals surface area contributed by atoms with Crippen LogP contribution in [-0.4, -0.2) is 16.8 Å². The van der Waals surface area contributed by atoms with Crippen LogP contribution >= 0.6 is 34.5 Å². The molecule has 3 aromatic rings. The van der Waals surface area contributed by atoms with Crippen LogP contribution in [-0.2, 0) is 11.2 Å². The van der Waals surface area contributed by atoms with Gasteiger partial charge in [-0.1, -0.05) is 35.3 Å². The van der Waals surface area contributed by atoms with Gasteiger partial charge in [0.25, 0.3) is 5.91 Å². The average molecular weight is 439 g/mol. The summed E-state index contributed by atoms with van der Waals surface area (Å²) in [7, 11) is 0. The number of hydrogen-bond acceptors (Lipinski definition) is 5. The zero-order valence-corrected chi connectivity index (χ0v) is 16.5. The quantitative estimate of drug-likeness (QED) is 0.506. The molecule has 2 amide bonds. The van der Waals surface area contributed by atoms with Crippen LogP contribution in [0.25, 0.3) is 0 Å². The van der Waals surface area contributed by atoms with Gasteiger partial charge in [-0.15, -0.1) is 11.3 Å². The van der Waals surface area contributed by atoms with Gasteiger partial charge in [0, 0.05) is 11.1 Å². The Balaban J connectivity index is 1.62. The number of anilines is 3. The van der Waals surface area contributed by atoms with Gasteiger partial charge in [0.2, 0.25) is 5.91 Å². The number of nitrogens with one attached hydrogen (secondary N) is 2. The van der Waals surface area contributed by atoms with Crippen molar-refractivity contribution >= 4 is 62.9 Å². The number of carbonyl (C=O) groups excluding carboxylic acids is 2. The van der Waals surface area contributed by atoms with Crippen LogP contribution in [0.5, 0.6) is 0 Å². The number of rotatable bonds is 5. The van der Waals surface area contributed by atoms with Crippen LogP contribution in [0, 0.1) is 5.82 Å². The van der Waals surface area contributed by atoms with E-state index < -0.39 is 11.7 Å². The van der Waals surface area contributed by atoms with Crippen LogP contribution < -0.4 is 16.4 Å². The molecule has 10 heteroatoms. The van der Waals surface area contributed by atoms with Crippen molar-refractivity contribution in [3.8, 4) is 0 Å². The van der Waals surface area contributed by atoms with E-state index in [2.05, 4.69) is 15.6 Å². The number of nitrogens with zero attached hydrogens (tertiary/aromatic N) is 1. The Bertz CT molecular complexity index is 1030. The summed E-state index contributed by atoms with van der Waals surface area (Å²) >= 11 is 13.0. The Morgan fingerprint density at radius 3 is 2.50 bits per heavy atom. The van der Waals surface area contributed by atoms with Crippen LogP contribution in [0.3, 0.4) is 0 Å². The van der Waals surface area contributed by atoms with Gasteiger partial charge in [0.05, 0.1) is 33.4 Å². The minimum Gasteiger partial charge on any atom is -0.396 e. The van der Waals surface area contributed by atoms with Crippen molar-refractivity contribution in [3.05, 3.63) is 68.9 Å². The topological polar surface area (TPSA) is 97.1 Å². The predicted octanol–water partition coefficient (Wildman–Crippen LogP) is 4.60. The normalized spacial score (nSPS) is 10.5. The first-order valence-corrected chi connectivity index (χ1v) is 9.51. The standard InChI is InChI=1S/C18H13Cl2FN4O2S/c19-12-5-9(6-13(20)16(12)22)23-15(26)7-10-8-28-18(24-10)25-17(27)11-3-1-2-4-14(11)21/h1-6,8H,7,22H2,(H,23,26)(H,24,25,27). The molecule has 0 aliphatic carbocycles. The number of nitrogens with two attached hydrogens (primary N) is 1. The number of thiazole rings is 1. The van der Waals surface area contributed by atoms with E-state index in [1.807, 2.05) is 0 Å². The molecule has 0 saturated heterocycles. The summed E-state index contributed by atoms with van der Waals surface area (Å²) in [6.45, 7) is 0. The monoisotopic (exact) mass is 438 g/mol. The summed E-state index contributed by atoms with van der Waals surface area (Å²) in [5, 5.41) is 7.50. The first-order chi connectivity index (χ1) is 13.3. The third kappa shape index (κ3) is 4.78. The molecular formula is C18H13Cl2FN4O2S. The second kappa shape index (κ2) is 8.55. The SMILES string of the molecule is Nc1c(Cl)cc(NC(=O)Cc2csc(NC(=O)c3ccccc3F)n2)cc1Cl. The van der Waals surface area contributed by atoms with Crippen molar-refractivity contribution in [1.82, 2.24) is 4.98 Å². The van der Waals surface area contributed by atoms with E-state index >= 15 is 0 Å². The van der Waals surface area contributed by atoms with Gasteiger partial charge < -0.3 is 11.1 Å². The summed E-state index contributed by atoms with van der Waals surface area (Å²) in [4.78, 5) is 28.5. The minimum absolute atomic E-state index is 0.0360. The molecule has 144 valence electrons. The molecule has 1 aromatic heterocycles. The van der Waals surface area contributed by atoms with E-state index in [1.165, 1.54) is 30.3 Å². The number of aromatic nitrogens is 1. The highest BCUT2D eigenvalue weighted by Crippen LogP contribution is 2.31. The Morgan fingerprint density at radius 2 is 1.82 bits per heavy atom. The van der Waals surface area contributed by atoms with Gasteiger partial charge in [-0.25, -0.2) is 9.37 Å². The fourth-order valence-corrected chi connectivity index (χ4v) is 3.47. The Hall–Kier alpha value is -2.68. The minimum atomic E-state index is -0.628. The molecule has 0 spiro atoms. The van der Waals surface area contributed by atoms with Crippen LogP contribution in [0.1, 0.15) is 16.1 Å². The highest BCUT2D eigenvalue weighted by Gasteiger charge is 2.14. The molecule has 6 nitrogen and oxygen atoms in total. The van der Waals surface area contributed by atoms with Gasteiger partial charge in [-0.05, 0) is 24.3 Å². The second-order valence-corrected chi connectivity index (χ2v) is 7.33. The molecule has 4 N–H and O–H groups in total. The van der Waals surface area contributed by atoms with E-state index in [0.29, 0.717) is 11.4 Å². The molecule has 0 aliphatic rings. The summed E-state index contributed by atoms with van der Waals surface area (Å²) in [6.07, 6.45) is -0.0360.